The predicted molar refractivity (Wildman–Crippen MR) is 41.7 cm³/mol. The molecule has 0 saturated carbocycles. The van der Waals surface area contributed by atoms with E-state index in [1.165, 1.54) is 6.92 Å². The minimum absolute atomic E-state index is 0.132. The van der Waals surface area contributed by atoms with Gasteiger partial charge in [-0.15, -0.1) is 0 Å². The normalized spacial score (nSPS) is 19.6. The van der Waals surface area contributed by atoms with Crippen molar-refractivity contribution >= 4 is 0 Å². The van der Waals surface area contributed by atoms with Crippen LogP contribution in [0.3, 0.4) is 0 Å². The zero-order valence-electron chi connectivity index (χ0n) is 7.13. The maximum Gasteiger partial charge on any atom is 0.412 e. The molecule has 0 heterocycles. The van der Waals surface area contributed by atoms with Crippen LogP contribution in [0.5, 0.6) is 0 Å². The van der Waals surface area contributed by atoms with Gasteiger partial charge >= 0.3 is 6.18 Å². The van der Waals surface area contributed by atoms with Crippen molar-refractivity contribution in [1.29, 1.82) is 0 Å². The molecule has 0 aromatic carbocycles. The molecule has 1 rings (SSSR count). The van der Waals surface area contributed by atoms with Gasteiger partial charge in [0.1, 0.15) is 0 Å². The predicted octanol–water partition coefficient (Wildman–Crippen LogP) is 3.61. The van der Waals surface area contributed by atoms with Crippen LogP contribution >= 0.6 is 0 Å². The fourth-order valence-electron chi connectivity index (χ4n) is 1.37. The first-order valence-corrected chi connectivity index (χ1v) is 3.87. The van der Waals surface area contributed by atoms with Crippen molar-refractivity contribution in [2.45, 2.75) is 32.9 Å². The molecule has 0 atom stereocenters. The third kappa shape index (κ3) is 1.71. The Morgan fingerprint density at radius 1 is 1.25 bits per heavy atom. The average molecular weight is 176 g/mol. The van der Waals surface area contributed by atoms with Gasteiger partial charge in [0.2, 0.25) is 0 Å². The average Bonchev–Trinajstić information content (AvgIpc) is 1.92. The van der Waals surface area contributed by atoms with Crippen molar-refractivity contribution in [3.05, 3.63) is 22.8 Å². The molecule has 0 radical (unpaired) electrons. The number of hydrogen-bond acceptors (Lipinski definition) is 0. The number of hydrogen-bond donors (Lipinski definition) is 0. The van der Waals surface area contributed by atoms with Crippen LogP contribution in [0, 0.1) is 0 Å². The molecule has 0 nitrogen and oxygen atoms in total. The lowest BCUT2D eigenvalue weighted by atomic mass is 9.92. The van der Waals surface area contributed by atoms with Gasteiger partial charge in [-0.25, -0.2) is 0 Å². The lowest BCUT2D eigenvalue weighted by Crippen LogP contribution is -2.15. The van der Waals surface area contributed by atoms with E-state index in [1.54, 1.807) is 6.92 Å². The third-order valence-corrected chi connectivity index (χ3v) is 2.23. The summed E-state index contributed by atoms with van der Waals surface area (Å²) in [6.07, 6.45) is -1.64. The highest BCUT2D eigenvalue weighted by atomic mass is 19.4. The van der Waals surface area contributed by atoms with Crippen molar-refractivity contribution in [3.63, 3.8) is 0 Å². The van der Waals surface area contributed by atoms with Crippen LogP contribution in [-0.2, 0) is 0 Å². The van der Waals surface area contributed by atoms with Crippen LogP contribution in [0.4, 0.5) is 13.2 Å². The zero-order valence-corrected chi connectivity index (χ0v) is 7.13. The molecule has 0 amide bonds. The van der Waals surface area contributed by atoms with Gasteiger partial charge in [0.05, 0.1) is 0 Å². The Morgan fingerprint density at radius 3 is 2.25 bits per heavy atom. The van der Waals surface area contributed by atoms with Crippen LogP contribution in [0.2, 0.25) is 0 Å². The molecule has 0 bridgehead atoms. The molecule has 0 N–H and O–H groups in total. The van der Waals surface area contributed by atoms with Crippen LogP contribution in [0.15, 0.2) is 22.8 Å². The summed E-state index contributed by atoms with van der Waals surface area (Å²) in [4.78, 5) is 0. The molecule has 68 valence electrons. The number of alkyl halides is 3. The molecular weight excluding hydrogens is 165 g/mol. The standard InChI is InChI=1S/C9H11F3/c1-6-4-3-5-8(7(6)2)9(10,11)12/h4H,3,5H2,1-2H3. The summed E-state index contributed by atoms with van der Waals surface area (Å²) in [5.41, 5.74) is 0.796. The molecule has 0 fully saturated rings. The molecule has 3 heteroatoms. The van der Waals surface area contributed by atoms with Crippen molar-refractivity contribution in [1.82, 2.24) is 0 Å². The van der Waals surface area contributed by atoms with E-state index < -0.39 is 6.18 Å². The van der Waals surface area contributed by atoms with Gasteiger partial charge < -0.3 is 0 Å². The summed E-state index contributed by atoms with van der Waals surface area (Å²) < 4.78 is 36.8. The second-order valence-electron chi connectivity index (χ2n) is 3.03. The van der Waals surface area contributed by atoms with Gasteiger partial charge in [-0.3, -0.25) is 0 Å². The van der Waals surface area contributed by atoms with Gasteiger partial charge in [0.25, 0.3) is 0 Å². The van der Waals surface area contributed by atoms with Gasteiger partial charge in [-0.2, -0.15) is 13.2 Å². The molecular formula is C9H11F3. The summed E-state index contributed by atoms with van der Waals surface area (Å²) in [6, 6.07) is 0. The molecule has 0 spiro atoms. The second kappa shape index (κ2) is 2.96. The first-order valence-electron chi connectivity index (χ1n) is 3.87. The third-order valence-electron chi connectivity index (χ3n) is 2.23. The van der Waals surface area contributed by atoms with Crippen LogP contribution < -0.4 is 0 Å². The second-order valence-corrected chi connectivity index (χ2v) is 3.03. The molecule has 12 heavy (non-hydrogen) atoms. The summed E-state index contributed by atoms with van der Waals surface area (Å²) in [6.45, 7) is 3.26. The Hall–Kier alpha value is -0.730. The quantitative estimate of drug-likeness (QED) is 0.529. The highest BCUT2D eigenvalue weighted by Crippen LogP contribution is 2.36. The molecule has 1 aliphatic carbocycles. The zero-order chi connectivity index (χ0) is 9.35. The Labute approximate surface area is 69.8 Å². The van der Waals surface area contributed by atoms with Gasteiger partial charge in [0, 0.05) is 5.57 Å². The van der Waals surface area contributed by atoms with Crippen LogP contribution in [0.25, 0.3) is 0 Å². The largest absolute Gasteiger partial charge is 0.412 e. The summed E-state index contributed by atoms with van der Waals surface area (Å²) in [5.74, 6) is 0. The molecule has 0 aromatic rings. The molecule has 0 aromatic heterocycles. The Balaban J connectivity index is 3.03. The van der Waals surface area contributed by atoms with E-state index in [1.807, 2.05) is 6.08 Å². The lowest BCUT2D eigenvalue weighted by molar-refractivity contribution is -0.0948. The first kappa shape index (κ1) is 9.36. The first-order chi connectivity index (χ1) is 5.43. The summed E-state index contributed by atoms with van der Waals surface area (Å²) in [5, 5.41) is 0. The molecule has 0 saturated heterocycles. The highest BCUT2D eigenvalue weighted by molar-refractivity contribution is 5.37. The van der Waals surface area contributed by atoms with E-state index in [2.05, 4.69) is 0 Å². The summed E-state index contributed by atoms with van der Waals surface area (Å²) in [7, 11) is 0. The smallest absolute Gasteiger partial charge is 0.166 e. The van der Waals surface area contributed by atoms with E-state index in [0.717, 1.165) is 5.57 Å². The monoisotopic (exact) mass is 176 g/mol. The molecule has 0 aliphatic heterocycles. The SMILES string of the molecule is CC1=CCCC(C(F)(F)F)=C1C. The Bertz CT molecular complexity index is 243. The Kier molecular flexibility index (Phi) is 2.31. The van der Waals surface area contributed by atoms with Crippen molar-refractivity contribution in [2.24, 2.45) is 0 Å². The minimum atomic E-state index is -4.14. The molecule has 0 unspecified atom stereocenters. The van der Waals surface area contributed by atoms with Crippen molar-refractivity contribution in [3.8, 4) is 0 Å². The lowest BCUT2D eigenvalue weighted by Gasteiger charge is -2.19. The number of rotatable bonds is 0. The van der Waals surface area contributed by atoms with Crippen molar-refractivity contribution in [2.75, 3.05) is 0 Å². The van der Waals surface area contributed by atoms with Gasteiger partial charge in [-0.1, -0.05) is 11.6 Å². The maximum atomic E-state index is 12.3. The highest BCUT2D eigenvalue weighted by Gasteiger charge is 2.35. The van der Waals surface area contributed by atoms with E-state index >= 15 is 0 Å². The summed E-state index contributed by atoms with van der Waals surface area (Å²) >= 11 is 0. The maximum absolute atomic E-state index is 12.3. The number of allylic oxidation sites excluding steroid dienone is 4. The van der Waals surface area contributed by atoms with E-state index in [9.17, 15) is 13.2 Å². The van der Waals surface area contributed by atoms with Crippen LogP contribution in [0.1, 0.15) is 26.7 Å². The van der Waals surface area contributed by atoms with E-state index in [4.69, 9.17) is 0 Å². The van der Waals surface area contributed by atoms with E-state index in [-0.39, 0.29) is 12.0 Å². The van der Waals surface area contributed by atoms with Gasteiger partial charge in [-0.05, 0) is 32.3 Å². The Morgan fingerprint density at radius 2 is 1.83 bits per heavy atom. The number of halogens is 3. The van der Waals surface area contributed by atoms with Crippen LogP contribution in [-0.4, -0.2) is 6.18 Å². The fraction of sp³-hybridized carbons (Fsp3) is 0.556. The van der Waals surface area contributed by atoms with Crippen molar-refractivity contribution < 1.29 is 13.2 Å². The fourth-order valence-corrected chi connectivity index (χ4v) is 1.37. The van der Waals surface area contributed by atoms with Gasteiger partial charge in [0.15, 0.2) is 0 Å². The topological polar surface area (TPSA) is 0 Å². The van der Waals surface area contributed by atoms with E-state index in [0.29, 0.717) is 12.0 Å². The minimum Gasteiger partial charge on any atom is -0.166 e. The molecule has 1 aliphatic rings.